The van der Waals surface area contributed by atoms with Crippen molar-refractivity contribution >= 4 is 17.2 Å². The van der Waals surface area contributed by atoms with Crippen molar-refractivity contribution in [2.24, 2.45) is 0 Å². The SMILES string of the molecule is COC(=O)c1ccc2ocnc2n1. The lowest BCUT2D eigenvalue weighted by molar-refractivity contribution is 0.0594. The van der Waals surface area contributed by atoms with Crippen molar-refractivity contribution in [3.63, 3.8) is 0 Å². The van der Waals surface area contributed by atoms with Gasteiger partial charge in [0.15, 0.2) is 23.3 Å². The number of esters is 1. The van der Waals surface area contributed by atoms with Crippen molar-refractivity contribution in [2.45, 2.75) is 0 Å². The van der Waals surface area contributed by atoms with Gasteiger partial charge in [0.25, 0.3) is 0 Å². The second-order valence-corrected chi connectivity index (χ2v) is 2.36. The topological polar surface area (TPSA) is 65.2 Å². The first-order valence-electron chi connectivity index (χ1n) is 3.60. The molecule has 0 N–H and O–H groups in total. The summed E-state index contributed by atoms with van der Waals surface area (Å²) in [6.45, 7) is 0. The molecule has 0 amide bonds. The molecular formula is C8H6N2O3. The summed E-state index contributed by atoms with van der Waals surface area (Å²) >= 11 is 0. The molecule has 0 saturated heterocycles. The molecule has 2 aromatic heterocycles. The summed E-state index contributed by atoms with van der Waals surface area (Å²) in [5.41, 5.74) is 1.18. The highest BCUT2D eigenvalue weighted by Gasteiger charge is 2.09. The summed E-state index contributed by atoms with van der Waals surface area (Å²) in [6, 6.07) is 3.15. The monoisotopic (exact) mass is 178 g/mol. The molecule has 0 aliphatic rings. The number of nitrogens with zero attached hydrogens (tertiary/aromatic N) is 2. The molecular weight excluding hydrogens is 172 g/mol. The third-order valence-electron chi connectivity index (χ3n) is 1.59. The van der Waals surface area contributed by atoms with E-state index in [4.69, 9.17) is 4.42 Å². The van der Waals surface area contributed by atoms with Crippen LogP contribution >= 0.6 is 0 Å². The zero-order valence-corrected chi connectivity index (χ0v) is 6.85. The van der Waals surface area contributed by atoms with Crippen LogP contribution in [-0.4, -0.2) is 23.0 Å². The van der Waals surface area contributed by atoms with Gasteiger partial charge in [-0.05, 0) is 12.1 Å². The van der Waals surface area contributed by atoms with Crippen LogP contribution in [0.15, 0.2) is 22.9 Å². The number of hydrogen-bond acceptors (Lipinski definition) is 5. The first-order chi connectivity index (χ1) is 6.31. The minimum absolute atomic E-state index is 0.226. The second kappa shape index (κ2) is 2.85. The molecule has 0 aliphatic heterocycles. The smallest absolute Gasteiger partial charge is 0.356 e. The average Bonchev–Trinajstić information content (AvgIpc) is 2.63. The van der Waals surface area contributed by atoms with E-state index < -0.39 is 5.97 Å². The summed E-state index contributed by atoms with van der Waals surface area (Å²) in [7, 11) is 1.30. The van der Waals surface area contributed by atoms with E-state index in [-0.39, 0.29) is 5.69 Å². The number of ether oxygens (including phenoxy) is 1. The van der Waals surface area contributed by atoms with Crippen molar-refractivity contribution in [3.8, 4) is 0 Å². The molecule has 0 atom stereocenters. The average molecular weight is 178 g/mol. The molecule has 0 radical (unpaired) electrons. The number of pyridine rings is 1. The quantitative estimate of drug-likeness (QED) is 0.609. The van der Waals surface area contributed by atoms with Crippen LogP contribution in [0.5, 0.6) is 0 Å². The molecule has 2 heterocycles. The molecule has 0 aromatic carbocycles. The Bertz CT molecular complexity index is 449. The molecule has 2 rings (SSSR count). The maximum Gasteiger partial charge on any atom is 0.356 e. The van der Waals surface area contributed by atoms with Crippen LogP contribution in [-0.2, 0) is 4.74 Å². The van der Waals surface area contributed by atoms with Gasteiger partial charge in [-0.25, -0.2) is 9.78 Å². The normalized spacial score (nSPS) is 10.2. The molecule has 13 heavy (non-hydrogen) atoms. The van der Waals surface area contributed by atoms with Gasteiger partial charge in [0, 0.05) is 0 Å². The largest absolute Gasteiger partial charge is 0.464 e. The van der Waals surface area contributed by atoms with Crippen molar-refractivity contribution in [1.82, 2.24) is 9.97 Å². The van der Waals surface area contributed by atoms with E-state index in [9.17, 15) is 4.79 Å². The summed E-state index contributed by atoms with van der Waals surface area (Å²) in [6.07, 6.45) is 1.28. The van der Waals surface area contributed by atoms with Gasteiger partial charge >= 0.3 is 5.97 Å². The highest BCUT2D eigenvalue weighted by Crippen LogP contribution is 2.10. The molecule has 5 heteroatoms. The Kier molecular flexibility index (Phi) is 1.70. The van der Waals surface area contributed by atoms with Crippen LogP contribution in [0.3, 0.4) is 0 Å². The van der Waals surface area contributed by atoms with E-state index in [0.29, 0.717) is 11.2 Å². The van der Waals surface area contributed by atoms with E-state index in [1.54, 1.807) is 6.07 Å². The van der Waals surface area contributed by atoms with Gasteiger partial charge in [0.1, 0.15) is 0 Å². The van der Waals surface area contributed by atoms with Crippen LogP contribution < -0.4 is 0 Å². The fourth-order valence-corrected chi connectivity index (χ4v) is 0.971. The van der Waals surface area contributed by atoms with E-state index in [1.807, 2.05) is 0 Å². The number of carbonyl (C=O) groups excluding carboxylic acids is 1. The lowest BCUT2D eigenvalue weighted by atomic mass is 10.3. The molecule has 2 aromatic rings. The number of rotatable bonds is 1. The molecule has 0 saturated carbocycles. The molecule has 5 nitrogen and oxygen atoms in total. The Morgan fingerprint density at radius 1 is 1.54 bits per heavy atom. The van der Waals surface area contributed by atoms with Crippen LogP contribution in [0.1, 0.15) is 10.5 Å². The van der Waals surface area contributed by atoms with E-state index in [0.717, 1.165) is 0 Å². The maximum atomic E-state index is 11.0. The predicted octanol–water partition coefficient (Wildman–Crippen LogP) is 1.01. The number of methoxy groups -OCH3 is 1. The van der Waals surface area contributed by atoms with E-state index in [1.165, 1.54) is 19.6 Å². The van der Waals surface area contributed by atoms with Crippen molar-refractivity contribution in [3.05, 3.63) is 24.2 Å². The van der Waals surface area contributed by atoms with E-state index in [2.05, 4.69) is 14.7 Å². The highest BCUT2D eigenvalue weighted by molar-refractivity contribution is 5.89. The van der Waals surface area contributed by atoms with Crippen molar-refractivity contribution in [2.75, 3.05) is 7.11 Å². The van der Waals surface area contributed by atoms with Crippen LogP contribution in [0.25, 0.3) is 11.2 Å². The minimum Gasteiger partial charge on any atom is -0.464 e. The zero-order chi connectivity index (χ0) is 9.26. The zero-order valence-electron chi connectivity index (χ0n) is 6.85. The van der Waals surface area contributed by atoms with Crippen LogP contribution in [0.4, 0.5) is 0 Å². The molecule has 0 bridgehead atoms. The summed E-state index contributed by atoms with van der Waals surface area (Å²) in [4.78, 5) is 18.8. The fourth-order valence-electron chi connectivity index (χ4n) is 0.971. The standard InChI is InChI=1S/C8H6N2O3/c1-12-8(11)5-2-3-6-7(10-5)9-4-13-6/h2-4H,1H3. The number of carbonyl (C=O) groups is 1. The first-order valence-corrected chi connectivity index (χ1v) is 3.60. The van der Waals surface area contributed by atoms with E-state index >= 15 is 0 Å². The van der Waals surface area contributed by atoms with Gasteiger partial charge in [-0.3, -0.25) is 0 Å². The van der Waals surface area contributed by atoms with Crippen LogP contribution in [0.2, 0.25) is 0 Å². The number of oxazole rings is 1. The molecule has 0 spiro atoms. The fraction of sp³-hybridized carbons (Fsp3) is 0.125. The third kappa shape index (κ3) is 1.24. The van der Waals surface area contributed by atoms with Crippen molar-refractivity contribution in [1.29, 1.82) is 0 Å². The van der Waals surface area contributed by atoms with Gasteiger partial charge in [0.05, 0.1) is 7.11 Å². The van der Waals surface area contributed by atoms with Gasteiger partial charge in [-0.1, -0.05) is 0 Å². The predicted molar refractivity (Wildman–Crippen MR) is 43.1 cm³/mol. The summed E-state index contributed by atoms with van der Waals surface area (Å²) in [5, 5.41) is 0. The van der Waals surface area contributed by atoms with Gasteiger partial charge < -0.3 is 9.15 Å². The lowest BCUT2D eigenvalue weighted by Gasteiger charge is -1.95. The maximum absolute atomic E-state index is 11.0. The third-order valence-corrected chi connectivity index (χ3v) is 1.59. The molecule has 0 unspecified atom stereocenters. The Morgan fingerprint density at radius 2 is 2.38 bits per heavy atom. The number of aromatic nitrogens is 2. The number of hydrogen-bond donors (Lipinski definition) is 0. The van der Waals surface area contributed by atoms with Gasteiger partial charge in [-0.2, -0.15) is 4.98 Å². The van der Waals surface area contributed by atoms with Gasteiger partial charge in [0.2, 0.25) is 0 Å². The number of fused-ring (bicyclic) bond motifs is 1. The minimum atomic E-state index is -0.482. The molecule has 0 fully saturated rings. The Morgan fingerprint density at radius 3 is 3.15 bits per heavy atom. The highest BCUT2D eigenvalue weighted by atomic mass is 16.5. The second-order valence-electron chi connectivity index (χ2n) is 2.36. The Balaban J connectivity index is 2.54. The Hall–Kier alpha value is -1.91. The summed E-state index contributed by atoms with van der Waals surface area (Å²) in [5.74, 6) is -0.482. The van der Waals surface area contributed by atoms with Crippen molar-refractivity contribution < 1.29 is 13.9 Å². The Labute approximate surface area is 73.4 Å². The van der Waals surface area contributed by atoms with Gasteiger partial charge in [-0.15, -0.1) is 0 Å². The summed E-state index contributed by atoms with van der Waals surface area (Å²) < 4.78 is 9.46. The lowest BCUT2D eigenvalue weighted by Crippen LogP contribution is -2.03. The first kappa shape index (κ1) is 7.72. The van der Waals surface area contributed by atoms with Crippen LogP contribution in [0, 0.1) is 0 Å². The molecule has 0 aliphatic carbocycles. The molecule has 66 valence electrons.